The van der Waals surface area contributed by atoms with Crippen LogP contribution < -0.4 is 15.4 Å². The number of esters is 1. The lowest BCUT2D eigenvalue weighted by Crippen LogP contribution is -2.35. The van der Waals surface area contributed by atoms with E-state index >= 15 is 0 Å². The zero-order valence-corrected chi connectivity index (χ0v) is 17.1. The molecule has 29 heavy (non-hydrogen) atoms. The van der Waals surface area contributed by atoms with E-state index in [9.17, 15) is 14.4 Å². The Balaban J connectivity index is 1.81. The van der Waals surface area contributed by atoms with Crippen LogP contribution >= 0.6 is 0 Å². The van der Waals surface area contributed by atoms with E-state index in [0.29, 0.717) is 23.6 Å². The van der Waals surface area contributed by atoms with Gasteiger partial charge in [-0.1, -0.05) is 17.7 Å². The summed E-state index contributed by atoms with van der Waals surface area (Å²) in [4.78, 5) is 36.3. The molecule has 0 aliphatic carbocycles. The van der Waals surface area contributed by atoms with Crippen molar-refractivity contribution in [2.24, 2.45) is 0 Å². The molecule has 0 spiro atoms. The molecule has 1 unspecified atom stereocenters. The van der Waals surface area contributed by atoms with Gasteiger partial charge in [-0.25, -0.2) is 0 Å². The van der Waals surface area contributed by atoms with Crippen LogP contribution in [0.2, 0.25) is 0 Å². The van der Waals surface area contributed by atoms with E-state index in [0.717, 1.165) is 11.1 Å². The highest BCUT2D eigenvalue weighted by molar-refractivity contribution is 5.97. The molecule has 0 aliphatic heterocycles. The number of rotatable bonds is 8. The summed E-state index contributed by atoms with van der Waals surface area (Å²) in [5, 5.41) is 5.21. The molecule has 1 atom stereocenters. The van der Waals surface area contributed by atoms with Crippen molar-refractivity contribution in [3.63, 3.8) is 0 Å². The molecule has 0 aliphatic rings. The number of amides is 2. The monoisotopic (exact) mass is 398 g/mol. The summed E-state index contributed by atoms with van der Waals surface area (Å²) >= 11 is 0. The quantitative estimate of drug-likeness (QED) is 0.667. The van der Waals surface area contributed by atoms with E-state index in [-0.39, 0.29) is 6.54 Å². The molecule has 2 aromatic rings. The Labute approximate surface area is 170 Å². The zero-order valence-electron chi connectivity index (χ0n) is 17.1. The van der Waals surface area contributed by atoms with Crippen LogP contribution in [0.25, 0.3) is 0 Å². The van der Waals surface area contributed by atoms with Gasteiger partial charge in [0.1, 0.15) is 12.3 Å². The summed E-state index contributed by atoms with van der Waals surface area (Å²) in [5.74, 6) is -0.903. The average Bonchev–Trinajstić information content (AvgIpc) is 2.69. The summed E-state index contributed by atoms with van der Waals surface area (Å²) in [6.07, 6.45) is -0.995. The number of carbonyl (C=O) groups excluding carboxylic acids is 3. The van der Waals surface area contributed by atoms with Crippen molar-refractivity contribution in [2.75, 3.05) is 18.5 Å². The Morgan fingerprint density at radius 3 is 2.34 bits per heavy atom. The van der Waals surface area contributed by atoms with Crippen molar-refractivity contribution in [2.45, 2.75) is 33.8 Å². The fourth-order valence-electron chi connectivity index (χ4n) is 2.60. The zero-order chi connectivity index (χ0) is 21.4. The summed E-state index contributed by atoms with van der Waals surface area (Å²) in [6.45, 7) is 7.39. The highest BCUT2D eigenvalue weighted by atomic mass is 16.5. The van der Waals surface area contributed by atoms with Crippen molar-refractivity contribution in [1.82, 2.24) is 5.32 Å². The summed E-state index contributed by atoms with van der Waals surface area (Å²) < 4.78 is 10.4. The summed E-state index contributed by atoms with van der Waals surface area (Å²) in [6, 6.07) is 12.2. The van der Waals surface area contributed by atoms with E-state index in [2.05, 4.69) is 10.6 Å². The molecule has 2 aromatic carbocycles. The fourth-order valence-corrected chi connectivity index (χ4v) is 2.60. The van der Waals surface area contributed by atoms with Crippen LogP contribution in [-0.2, 0) is 14.3 Å². The topological polar surface area (TPSA) is 93.7 Å². The van der Waals surface area contributed by atoms with Crippen molar-refractivity contribution >= 4 is 23.5 Å². The summed E-state index contributed by atoms with van der Waals surface area (Å²) in [7, 11) is 0. The number of ether oxygens (including phenoxy) is 2. The Morgan fingerprint density at radius 2 is 1.72 bits per heavy atom. The van der Waals surface area contributed by atoms with Gasteiger partial charge in [0.2, 0.25) is 0 Å². The Bertz CT molecular complexity index is 877. The number of anilines is 1. The smallest absolute Gasteiger partial charge is 0.326 e. The van der Waals surface area contributed by atoms with Crippen LogP contribution in [0.4, 0.5) is 5.69 Å². The van der Waals surface area contributed by atoms with Crippen LogP contribution in [0, 0.1) is 13.8 Å². The Morgan fingerprint density at radius 1 is 1.03 bits per heavy atom. The minimum Gasteiger partial charge on any atom is -0.494 e. The maximum absolute atomic E-state index is 12.2. The van der Waals surface area contributed by atoms with Gasteiger partial charge in [-0.15, -0.1) is 0 Å². The van der Waals surface area contributed by atoms with Gasteiger partial charge in [-0.05, 0) is 63.6 Å². The maximum atomic E-state index is 12.2. The van der Waals surface area contributed by atoms with Crippen LogP contribution in [0.3, 0.4) is 0 Å². The average molecular weight is 398 g/mol. The number of carbonyl (C=O) groups is 3. The van der Waals surface area contributed by atoms with E-state index in [1.807, 2.05) is 32.9 Å². The largest absolute Gasteiger partial charge is 0.494 e. The SMILES string of the molecule is CCOc1ccc(C(=O)NCC(=O)OC(C)C(=O)Nc2ccc(C)cc2C)cc1. The van der Waals surface area contributed by atoms with E-state index < -0.39 is 23.9 Å². The fraction of sp³-hybridized carbons (Fsp3) is 0.318. The van der Waals surface area contributed by atoms with Gasteiger partial charge in [0.15, 0.2) is 6.10 Å². The number of nitrogens with one attached hydrogen (secondary N) is 2. The standard InChI is InChI=1S/C22H26N2O5/c1-5-28-18-9-7-17(8-10-18)22(27)23-13-20(25)29-16(4)21(26)24-19-11-6-14(2)12-15(19)3/h6-12,16H,5,13H2,1-4H3,(H,23,27)(H,24,26). The van der Waals surface area contributed by atoms with E-state index in [4.69, 9.17) is 9.47 Å². The van der Waals surface area contributed by atoms with Crippen molar-refractivity contribution in [3.05, 3.63) is 59.2 Å². The molecular weight excluding hydrogens is 372 g/mol. The lowest BCUT2D eigenvalue weighted by atomic mass is 10.1. The molecule has 2 N–H and O–H groups in total. The first kappa shape index (κ1) is 21.9. The first-order valence-electron chi connectivity index (χ1n) is 9.38. The number of benzene rings is 2. The third kappa shape index (κ3) is 6.64. The second-order valence-electron chi connectivity index (χ2n) is 6.58. The van der Waals surface area contributed by atoms with Crippen LogP contribution in [-0.4, -0.2) is 37.0 Å². The molecule has 2 rings (SSSR count). The van der Waals surface area contributed by atoms with Gasteiger partial charge in [-0.2, -0.15) is 0 Å². The predicted octanol–water partition coefficient (Wildman–Crippen LogP) is 3.00. The van der Waals surface area contributed by atoms with Crippen LogP contribution in [0.5, 0.6) is 5.75 Å². The van der Waals surface area contributed by atoms with Crippen LogP contribution in [0.1, 0.15) is 35.3 Å². The molecule has 0 saturated heterocycles. The van der Waals surface area contributed by atoms with Crippen LogP contribution in [0.15, 0.2) is 42.5 Å². The maximum Gasteiger partial charge on any atom is 0.326 e. The molecule has 0 heterocycles. The predicted molar refractivity (Wildman–Crippen MR) is 110 cm³/mol. The van der Waals surface area contributed by atoms with Gasteiger partial charge < -0.3 is 20.1 Å². The lowest BCUT2D eigenvalue weighted by molar-refractivity contribution is -0.152. The third-order valence-electron chi connectivity index (χ3n) is 4.14. The molecule has 0 saturated carbocycles. The summed E-state index contributed by atoms with van der Waals surface area (Å²) in [5.41, 5.74) is 3.05. The number of hydrogen-bond acceptors (Lipinski definition) is 5. The first-order chi connectivity index (χ1) is 13.8. The van der Waals surface area contributed by atoms with E-state index in [1.54, 1.807) is 30.3 Å². The first-order valence-corrected chi connectivity index (χ1v) is 9.38. The molecule has 0 bridgehead atoms. The van der Waals surface area contributed by atoms with Gasteiger partial charge in [0.05, 0.1) is 6.61 Å². The molecule has 0 fully saturated rings. The van der Waals surface area contributed by atoms with Crippen molar-refractivity contribution in [3.8, 4) is 5.75 Å². The van der Waals surface area contributed by atoms with E-state index in [1.165, 1.54) is 6.92 Å². The normalized spacial score (nSPS) is 11.3. The van der Waals surface area contributed by atoms with Crippen molar-refractivity contribution < 1.29 is 23.9 Å². The van der Waals surface area contributed by atoms with Gasteiger partial charge in [0, 0.05) is 11.3 Å². The third-order valence-corrected chi connectivity index (χ3v) is 4.14. The highest BCUT2D eigenvalue weighted by Gasteiger charge is 2.19. The number of aryl methyl sites for hydroxylation is 2. The molecule has 0 aromatic heterocycles. The van der Waals surface area contributed by atoms with Crippen molar-refractivity contribution in [1.29, 1.82) is 0 Å². The highest BCUT2D eigenvalue weighted by Crippen LogP contribution is 2.16. The minimum absolute atomic E-state index is 0.340. The minimum atomic E-state index is -0.995. The lowest BCUT2D eigenvalue weighted by Gasteiger charge is -2.15. The van der Waals surface area contributed by atoms with Gasteiger partial charge in [0.25, 0.3) is 11.8 Å². The molecular formula is C22H26N2O5. The Kier molecular flexibility index (Phi) is 7.77. The Hall–Kier alpha value is -3.35. The molecule has 154 valence electrons. The molecule has 7 nitrogen and oxygen atoms in total. The molecule has 0 radical (unpaired) electrons. The molecule has 2 amide bonds. The molecule has 7 heteroatoms. The van der Waals surface area contributed by atoms with Gasteiger partial charge in [-0.3, -0.25) is 14.4 Å². The number of hydrogen-bond donors (Lipinski definition) is 2. The second kappa shape index (κ2) is 10.3. The second-order valence-corrected chi connectivity index (χ2v) is 6.58. The van der Waals surface area contributed by atoms with Gasteiger partial charge >= 0.3 is 5.97 Å².